The lowest BCUT2D eigenvalue weighted by molar-refractivity contribution is -0.175. The number of rotatable bonds is 10. The van der Waals surface area contributed by atoms with Crippen molar-refractivity contribution in [3.63, 3.8) is 0 Å². The Labute approximate surface area is 370 Å². The fraction of sp³-hybridized carbons (Fsp3) is 0.382. The highest BCUT2D eigenvalue weighted by Crippen LogP contribution is 2.78. The topological polar surface area (TPSA) is 106 Å². The van der Waals surface area contributed by atoms with Crippen LogP contribution in [0, 0.1) is 33.5 Å². The zero-order valence-corrected chi connectivity index (χ0v) is 36.7. The molecule has 0 saturated heterocycles. The Hall–Kier alpha value is -5.70. The van der Waals surface area contributed by atoms with Crippen LogP contribution in [-0.4, -0.2) is 59.5 Å². The van der Waals surface area contributed by atoms with E-state index in [0.717, 1.165) is 58.7 Å². The van der Waals surface area contributed by atoms with Gasteiger partial charge in [-0.2, -0.15) is 0 Å². The molecular formula is C55H57NO7. The Morgan fingerprint density at radius 2 is 1.40 bits per heavy atom. The van der Waals surface area contributed by atoms with Gasteiger partial charge in [0.1, 0.15) is 17.2 Å². The maximum absolute atomic E-state index is 15.3. The van der Waals surface area contributed by atoms with Crippen molar-refractivity contribution in [2.45, 2.75) is 77.0 Å². The summed E-state index contributed by atoms with van der Waals surface area (Å²) >= 11 is 0. The molecule has 2 bridgehead atoms. The van der Waals surface area contributed by atoms with Crippen LogP contribution in [0.1, 0.15) is 74.7 Å². The monoisotopic (exact) mass is 843 g/mol. The van der Waals surface area contributed by atoms with Gasteiger partial charge in [0.15, 0.2) is 5.78 Å². The number of hydrogen-bond donors (Lipinski definition) is 2. The molecule has 1 amide bonds. The molecule has 6 aliphatic rings. The van der Waals surface area contributed by atoms with Crippen molar-refractivity contribution in [3.8, 4) is 28.4 Å². The third kappa shape index (κ3) is 6.38. The van der Waals surface area contributed by atoms with Crippen LogP contribution in [0.4, 0.5) is 4.79 Å². The number of aliphatic hydroxyl groups is 2. The largest absolute Gasteiger partial charge is 0.497 e. The molecule has 5 aromatic rings. The zero-order chi connectivity index (χ0) is 43.8. The van der Waals surface area contributed by atoms with Crippen molar-refractivity contribution < 1.29 is 34.0 Å². The average molecular weight is 844 g/mol. The van der Waals surface area contributed by atoms with Gasteiger partial charge in [-0.3, -0.25) is 4.79 Å². The lowest BCUT2D eigenvalue weighted by Crippen LogP contribution is -2.67. The van der Waals surface area contributed by atoms with Crippen LogP contribution < -0.4 is 14.2 Å². The number of carbonyl (C=O) groups is 2. The number of ketones is 1. The van der Waals surface area contributed by atoms with E-state index in [-0.39, 0.29) is 36.1 Å². The zero-order valence-electron chi connectivity index (χ0n) is 36.7. The molecule has 0 aromatic heterocycles. The Kier molecular flexibility index (Phi) is 9.99. The molecular weight excluding hydrogens is 787 g/mol. The van der Waals surface area contributed by atoms with Gasteiger partial charge < -0.3 is 29.3 Å². The molecule has 8 nitrogen and oxygen atoms in total. The first kappa shape index (κ1) is 41.3. The van der Waals surface area contributed by atoms with Gasteiger partial charge in [0.2, 0.25) is 0 Å². The summed E-state index contributed by atoms with van der Waals surface area (Å²) in [5, 5.41) is 26.6. The first-order chi connectivity index (χ1) is 30.3. The van der Waals surface area contributed by atoms with E-state index < -0.39 is 34.0 Å². The van der Waals surface area contributed by atoms with E-state index >= 15 is 4.79 Å². The molecule has 0 heterocycles. The Balaban J connectivity index is 1.03. The number of benzene rings is 5. The number of aliphatic hydroxyl groups excluding tert-OH is 1. The number of ether oxygens (including phenoxy) is 3. The second-order valence-electron chi connectivity index (χ2n) is 19.5. The van der Waals surface area contributed by atoms with E-state index in [2.05, 4.69) is 44.2 Å². The van der Waals surface area contributed by atoms with Crippen molar-refractivity contribution >= 4 is 22.6 Å². The highest BCUT2D eigenvalue weighted by Gasteiger charge is 2.74. The van der Waals surface area contributed by atoms with Crippen LogP contribution in [0.5, 0.6) is 17.2 Å². The summed E-state index contributed by atoms with van der Waals surface area (Å²) in [6.45, 7) is 4.74. The van der Waals surface area contributed by atoms with Crippen molar-refractivity contribution in [2.24, 2.45) is 33.5 Å². The molecule has 324 valence electrons. The molecule has 0 radical (unpaired) electrons. The SMILES string of the molecule is COc1ccc(CN(C[C@]2(O)CC[C@H]3[C@]45C=C[C@@]6(C=C4C(=O)c4ccc(-c7ccccc7)cc4)CC(O)CC[C@]6(C)[C@H]5CC[C@@]32C)C(=O)Oc2ccc3ccccc3c2)c(OC)c1. The standard InChI is InChI=1S/C55H57NO7/c1-51-25-22-42(57)32-53(51)28-29-55(45(33-53)49(58)39-16-14-38(15-17-39)36-10-6-5-7-11-36)47(51)23-26-52(2)48(55)24-27-54(52,60)35-56(34-41-19-20-43(61-3)31-46(41)62-4)50(59)63-44-21-18-37-12-8-9-13-40(37)30-44/h5-21,28-31,33,42,47-48,57,60H,22-27,32,34-35H2,1-4H3/t42?,47-,48-,51-,52+,53+,54-,55-/m1/s1. The summed E-state index contributed by atoms with van der Waals surface area (Å²) in [7, 11) is 3.20. The van der Waals surface area contributed by atoms with Gasteiger partial charge in [0, 0.05) is 39.0 Å². The predicted octanol–water partition coefficient (Wildman–Crippen LogP) is 11.0. The van der Waals surface area contributed by atoms with Gasteiger partial charge in [-0.25, -0.2) is 4.79 Å². The van der Waals surface area contributed by atoms with Gasteiger partial charge in [0.05, 0.1) is 39.0 Å². The van der Waals surface area contributed by atoms with Gasteiger partial charge >= 0.3 is 6.09 Å². The molecule has 8 atom stereocenters. The highest BCUT2D eigenvalue weighted by atomic mass is 16.6. The molecule has 2 spiro atoms. The molecule has 3 fully saturated rings. The first-order valence-electron chi connectivity index (χ1n) is 22.6. The van der Waals surface area contributed by atoms with E-state index in [1.165, 1.54) is 0 Å². The number of allylic oxidation sites excluding steroid dienone is 4. The van der Waals surface area contributed by atoms with Crippen LogP contribution in [0.15, 0.2) is 139 Å². The lowest BCUT2D eigenvalue weighted by Gasteiger charge is -2.71. The summed E-state index contributed by atoms with van der Waals surface area (Å²) < 4.78 is 17.5. The minimum atomic E-state index is -1.32. The van der Waals surface area contributed by atoms with E-state index in [1.54, 1.807) is 31.3 Å². The first-order valence-corrected chi connectivity index (χ1v) is 22.6. The summed E-state index contributed by atoms with van der Waals surface area (Å²) in [6.07, 6.45) is 10.7. The van der Waals surface area contributed by atoms with E-state index in [9.17, 15) is 15.0 Å². The second kappa shape index (κ2) is 15.2. The predicted molar refractivity (Wildman–Crippen MR) is 245 cm³/mol. The van der Waals surface area contributed by atoms with Gasteiger partial charge in [-0.05, 0) is 108 Å². The van der Waals surface area contributed by atoms with Crippen LogP contribution >= 0.6 is 0 Å². The minimum absolute atomic E-state index is 0.0114. The molecule has 6 aliphatic carbocycles. The maximum atomic E-state index is 15.3. The second-order valence-corrected chi connectivity index (χ2v) is 19.5. The van der Waals surface area contributed by atoms with Crippen molar-refractivity contribution in [1.29, 1.82) is 0 Å². The summed E-state index contributed by atoms with van der Waals surface area (Å²) in [5.74, 6) is 1.66. The highest BCUT2D eigenvalue weighted by molar-refractivity contribution is 6.10. The van der Waals surface area contributed by atoms with E-state index in [0.29, 0.717) is 42.1 Å². The van der Waals surface area contributed by atoms with Gasteiger partial charge in [0.25, 0.3) is 0 Å². The summed E-state index contributed by atoms with van der Waals surface area (Å²) in [5.41, 5.74) is 1.04. The number of carbonyl (C=O) groups excluding carboxylic acids is 2. The van der Waals surface area contributed by atoms with Crippen molar-refractivity contribution in [1.82, 2.24) is 4.90 Å². The third-order valence-electron chi connectivity index (χ3n) is 16.7. The Morgan fingerprint density at radius 3 is 2.16 bits per heavy atom. The smallest absolute Gasteiger partial charge is 0.415 e. The molecule has 8 heteroatoms. The number of Topliss-reactive ketones (excluding diaryl/α,β-unsaturated/α-hetero) is 1. The van der Waals surface area contributed by atoms with Gasteiger partial charge in [-0.15, -0.1) is 0 Å². The van der Waals surface area contributed by atoms with Crippen LogP contribution in [0.25, 0.3) is 21.9 Å². The molecule has 63 heavy (non-hydrogen) atoms. The molecule has 1 unspecified atom stereocenters. The quantitative estimate of drug-likeness (QED) is 0.107. The number of hydrogen-bond acceptors (Lipinski definition) is 7. The fourth-order valence-electron chi connectivity index (χ4n) is 13.3. The van der Waals surface area contributed by atoms with E-state index in [1.807, 2.05) is 91.0 Å². The van der Waals surface area contributed by atoms with Gasteiger partial charge in [-0.1, -0.05) is 117 Å². The van der Waals surface area contributed by atoms with Crippen molar-refractivity contribution in [3.05, 3.63) is 150 Å². The Morgan fingerprint density at radius 1 is 0.714 bits per heavy atom. The number of nitrogens with zero attached hydrogens (tertiary/aromatic N) is 1. The summed E-state index contributed by atoms with van der Waals surface area (Å²) in [4.78, 5) is 31.5. The number of amides is 1. The minimum Gasteiger partial charge on any atom is -0.497 e. The average Bonchev–Trinajstić information content (AvgIpc) is 3.58. The molecule has 0 aliphatic heterocycles. The lowest BCUT2D eigenvalue weighted by atomic mass is 9.32. The number of methoxy groups -OCH3 is 2. The fourth-order valence-corrected chi connectivity index (χ4v) is 13.3. The normalized spacial score (nSPS) is 31.3. The maximum Gasteiger partial charge on any atom is 0.415 e. The van der Waals surface area contributed by atoms with Crippen LogP contribution in [-0.2, 0) is 6.54 Å². The molecule has 3 saturated carbocycles. The van der Waals surface area contributed by atoms with E-state index in [4.69, 9.17) is 14.2 Å². The molecule has 11 rings (SSSR count). The Bertz CT molecular complexity index is 2660. The third-order valence-corrected chi connectivity index (χ3v) is 16.7. The summed E-state index contributed by atoms with van der Waals surface area (Å²) in [6, 6.07) is 37.2. The molecule has 2 N–H and O–H groups in total. The molecule has 5 aromatic carbocycles. The number of fused-ring (bicyclic) bond motifs is 2. The van der Waals surface area contributed by atoms with Crippen LogP contribution in [0.2, 0.25) is 0 Å². The van der Waals surface area contributed by atoms with Crippen molar-refractivity contribution in [2.75, 3.05) is 20.8 Å². The van der Waals surface area contributed by atoms with Crippen LogP contribution in [0.3, 0.4) is 0 Å².